The van der Waals surface area contributed by atoms with Gasteiger partial charge in [-0.2, -0.15) is 0 Å². The van der Waals surface area contributed by atoms with Gasteiger partial charge in [0.1, 0.15) is 12.5 Å². The second kappa shape index (κ2) is 6.01. The summed E-state index contributed by atoms with van der Waals surface area (Å²) >= 11 is 0. The zero-order chi connectivity index (χ0) is 15.4. The molecule has 0 aliphatic heterocycles. The van der Waals surface area contributed by atoms with Gasteiger partial charge in [0.25, 0.3) is 11.8 Å². The van der Waals surface area contributed by atoms with E-state index >= 15 is 0 Å². The van der Waals surface area contributed by atoms with E-state index in [9.17, 15) is 9.59 Å². The summed E-state index contributed by atoms with van der Waals surface area (Å²) in [6.07, 6.45) is 5.53. The molecule has 0 spiro atoms. The number of hydrogen-bond acceptors (Lipinski definition) is 4. The molecule has 2 amide bonds. The molecule has 2 heterocycles. The van der Waals surface area contributed by atoms with Crippen molar-refractivity contribution in [3.05, 3.63) is 72.6 Å². The van der Waals surface area contributed by atoms with Gasteiger partial charge in [-0.1, -0.05) is 12.1 Å². The molecule has 0 saturated heterocycles. The van der Waals surface area contributed by atoms with Gasteiger partial charge in [-0.3, -0.25) is 9.59 Å². The minimum Gasteiger partial charge on any atom is -0.472 e. The number of anilines is 2. The zero-order valence-corrected chi connectivity index (χ0v) is 11.4. The highest BCUT2D eigenvalue weighted by molar-refractivity contribution is 6.09. The lowest BCUT2D eigenvalue weighted by Crippen LogP contribution is -2.16. The second-order valence-electron chi connectivity index (χ2n) is 4.48. The Bertz CT molecular complexity index is 709. The molecule has 2 aromatic heterocycles. The molecule has 0 atom stereocenters. The molecular formula is C16H12N2O4. The lowest BCUT2D eigenvalue weighted by Gasteiger charge is -2.11. The van der Waals surface area contributed by atoms with Gasteiger partial charge in [0.15, 0.2) is 0 Å². The van der Waals surface area contributed by atoms with Crippen molar-refractivity contribution in [2.24, 2.45) is 0 Å². The van der Waals surface area contributed by atoms with Crippen molar-refractivity contribution < 1.29 is 18.4 Å². The molecule has 2 N–H and O–H groups in total. The van der Waals surface area contributed by atoms with Crippen molar-refractivity contribution >= 4 is 23.2 Å². The Morgan fingerprint density at radius 1 is 0.727 bits per heavy atom. The first-order valence-electron chi connectivity index (χ1n) is 6.50. The maximum Gasteiger partial charge on any atom is 0.258 e. The minimum atomic E-state index is -0.321. The van der Waals surface area contributed by atoms with Gasteiger partial charge in [-0.15, -0.1) is 0 Å². The lowest BCUT2D eigenvalue weighted by molar-refractivity contribution is 0.101. The number of benzene rings is 1. The first-order valence-corrected chi connectivity index (χ1v) is 6.50. The van der Waals surface area contributed by atoms with Crippen LogP contribution in [0.2, 0.25) is 0 Å². The predicted molar refractivity (Wildman–Crippen MR) is 79.8 cm³/mol. The van der Waals surface area contributed by atoms with Crippen LogP contribution in [0.3, 0.4) is 0 Å². The van der Waals surface area contributed by atoms with Gasteiger partial charge < -0.3 is 19.5 Å². The van der Waals surface area contributed by atoms with E-state index in [-0.39, 0.29) is 11.8 Å². The molecule has 0 saturated carbocycles. The average Bonchev–Trinajstić information content (AvgIpc) is 3.23. The Hall–Kier alpha value is -3.28. The highest BCUT2D eigenvalue weighted by atomic mass is 16.3. The molecule has 22 heavy (non-hydrogen) atoms. The van der Waals surface area contributed by atoms with E-state index in [0.29, 0.717) is 22.5 Å². The zero-order valence-electron chi connectivity index (χ0n) is 11.4. The van der Waals surface area contributed by atoms with Crippen LogP contribution in [0, 0.1) is 0 Å². The molecule has 6 heteroatoms. The molecule has 0 bridgehead atoms. The average molecular weight is 296 g/mol. The van der Waals surface area contributed by atoms with Gasteiger partial charge in [-0.05, 0) is 24.3 Å². The Kier molecular flexibility index (Phi) is 3.74. The number of amides is 2. The number of hydrogen-bond donors (Lipinski definition) is 2. The number of nitrogens with one attached hydrogen (secondary N) is 2. The summed E-state index contributed by atoms with van der Waals surface area (Å²) in [6.45, 7) is 0. The monoisotopic (exact) mass is 296 g/mol. The van der Waals surface area contributed by atoms with Crippen molar-refractivity contribution in [1.29, 1.82) is 0 Å². The molecular weight excluding hydrogens is 284 g/mol. The standard InChI is InChI=1S/C16H12N2O4/c19-15(11-5-7-21-9-11)17-13-3-1-2-4-14(13)18-16(20)12-6-8-22-10-12/h1-10H,(H,17,19)(H,18,20). The Labute approximate surface area is 125 Å². The Balaban J connectivity index is 1.78. The Morgan fingerprint density at radius 3 is 1.55 bits per heavy atom. The van der Waals surface area contributed by atoms with Crippen LogP contribution in [0.15, 0.2) is 70.3 Å². The van der Waals surface area contributed by atoms with Crippen LogP contribution in [0.4, 0.5) is 11.4 Å². The smallest absolute Gasteiger partial charge is 0.258 e. The van der Waals surface area contributed by atoms with Crippen LogP contribution in [0.5, 0.6) is 0 Å². The summed E-state index contributed by atoms with van der Waals surface area (Å²) in [5, 5.41) is 5.45. The molecule has 6 nitrogen and oxygen atoms in total. The van der Waals surface area contributed by atoms with E-state index in [1.54, 1.807) is 36.4 Å². The van der Waals surface area contributed by atoms with E-state index in [1.165, 1.54) is 25.1 Å². The highest BCUT2D eigenvalue weighted by Crippen LogP contribution is 2.22. The van der Waals surface area contributed by atoms with Crippen LogP contribution >= 0.6 is 0 Å². The molecule has 0 unspecified atom stereocenters. The molecule has 0 aliphatic rings. The lowest BCUT2D eigenvalue weighted by atomic mass is 10.2. The van der Waals surface area contributed by atoms with Crippen molar-refractivity contribution in [3.8, 4) is 0 Å². The first-order chi connectivity index (χ1) is 10.7. The van der Waals surface area contributed by atoms with E-state index in [1.807, 2.05) is 0 Å². The highest BCUT2D eigenvalue weighted by Gasteiger charge is 2.13. The van der Waals surface area contributed by atoms with Crippen LogP contribution < -0.4 is 10.6 Å². The third-order valence-corrected chi connectivity index (χ3v) is 2.99. The fraction of sp³-hybridized carbons (Fsp3) is 0. The summed E-state index contributed by atoms with van der Waals surface area (Å²) < 4.78 is 9.75. The molecule has 0 radical (unpaired) electrons. The van der Waals surface area contributed by atoms with Gasteiger partial charge in [0.2, 0.25) is 0 Å². The largest absolute Gasteiger partial charge is 0.472 e. The van der Waals surface area contributed by atoms with Crippen LogP contribution in [-0.4, -0.2) is 11.8 Å². The molecule has 1 aromatic carbocycles. The van der Waals surface area contributed by atoms with Crippen molar-refractivity contribution in [2.45, 2.75) is 0 Å². The maximum atomic E-state index is 12.0. The number of para-hydroxylation sites is 2. The number of rotatable bonds is 4. The van der Waals surface area contributed by atoms with Crippen molar-refractivity contribution in [3.63, 3.8) is 0 Å². The van der Waals surface area contributed by atoms with Gasteiger partial charge in [-0.25, -0.2) is 0 Å². The van der Waals surface area contributed by atoms with Crippen molar-refractivity contribution in [1.82, 2.24) is 0 Å². The molecule has 3 aromatic rings. The summed E-state index contributed by atoms with van der Waals surface area (Å²) in [5.74, 6) is -0.641. The molecule has 0 aliphatic carbocycles. The molecule has 0 fully saturated rings. The van der Waals surface area contributed by atoms with E-state index < -0.39 is 0 Å². The fourth-order valence-corrected chi connectivity index (χ4v) is 1.88. The SMILES string of the molecule is O=C(Nc1ccccc1NC(=O)c1ccoc1)c1ccoc1. The summed E-state index contributed by atoms with van der Waals surface area (Å²) in [6, 6.07) is 10.0. The Morgan fingerprint density at radius 2 is 1.18 bits per heavy atom. The van der Waals surface area contributed by atoms with E-state index in [2.05, 4.69) is 10.6 Å². The number of carbonyl (C=O) groups is 2. The normalized spacial score (nSPS) is 10.2. The maximum absolute atomic E-state index is 12.0. The van der Waals surface area contributed by atoms with Crippen LogP contribution in [0.1, 0.15) is 20.7 Å². The summed E-state index contributed by atoms with van der Waals surface area (Å²) in [4.78, 5) is 24.1. The van der Waals surface area contributed by atoms with Gasteiger partial charge in [0.05, 0.1) is 35.0 Å². The third kappa shape index (κ3) is 2.90. The molecule has 110 valence electrons. The number of carbonyl (C=O) groups excluding carboxylic acids is 2. The van der Waals surface area contributed by atoms with Crippen LogP contribution in [-0.2, 0) is 0 Å². The summed E-state index contributed by atoms with van der Waals surface area (Å²) in [5.41, 5.74) is 1.78. The van der Waals surface area contributed by atoms with Crippen molar-refractivity contribution in [2.75, 3.05) is 10.6 Å². The fourth-order valence-electron chi connectivity index (χ4n) is 1.88. The third-order valence-electron chi connectivity index (χ3n) is 2.99. The van der Waals surface area contributed by atoms with E-state index in [0.717, 1.165) is 0 Å². The van der Waals surface area contributed by atoms with E-state index in [4.69, 9.17) is 8.83 Å². The minimum absolute atomic E-state index is 0.321. The van der Waals surface area contributed by atoms with Crippen LogP contribution in [0.25, 0.3) is 0 Å². The topological polar surface area (TPSA) is 84.5 Å². The molecule has 3 rings (SSSR count). The predicted octanol–water partition coefficient (Wildman–Crippen LogP) is 3.38. The first kappa shape index (κ1) is 13.7. The second-order valence-corrected chi connectivity index (χ2v) is 4.48. The van der Waals surface area contributed by atoms with Gasteiger partial charge >= 0.3 is 0 Å². The number of furan rings is 2. The summed E-state index contributed by atoms with van der Waals surface area (Å²) in [7, 11) is 0. The van der Waals surface area contributed by atoms with Gasteiger partial charge in [0, 0.05) is 0 Å². The quantitative estimate of drug-likeness (QED) is 0.773.